The van der Waals surface area contributed by atoms with Gasteiger partial charge in [0, 0.05) is 16.6 Å². The smallest absolute Gasteiger partial charge is 0.280 e. The van der Waals surface area contributed by atoms with Crippen LogP contribution in [0.4, 0.5) is 8.78 Å². The van der Waals surface area contributed by atoms with Crippen LogP contribution in [-0.2, 0) is 6.54 Å². The molecule has 1 heterocycles. The molecule has 0 spiro atoms. The summed E-state index contributed by atoms with van der Waals surface area (Å²) in [4.78, 5) is 3.73. The molecule has 0 bridgehead atoms. The van der Waals surface area contributed by atoms with E-state index in [2.05, 4.69) is 20.9 Å². The van der Waals surface area contributed by atoms with Crippen LogP contribution in [0.1, 0.15) is 17.7 Å². The van der Waals surface area contributed by atoms with Crippen molar-refractivity contribution in [2.24, 2.45) is 5.73 Å². The predicted octanol–water partition coefficient (Wildman–Crippen LogP) is 2.85. The van der Waals surface area contributed by atoms with E-state index in [9.17, 15) is 8.78 Å². The second kappa shape index (κ2) is 4.61. The van der Waals surface area contributed by atoms with E-state index in [1.54, 1.807) is 0 Å². The Hall–Kier alpha value is 0.180. The van der Waals surface area contributed by atoms with Crippen LogP contribution in [0, 0.1) is 3.70 Å². The Balaban J connectivity index is 3.20. The first kappa shape index (κ1) is 11.3. The standard InChI is InChI=1S/C7H6BrF2IN2/c8-4-1-5(6(9)10)13-7(11)3(4)2-12/h1,6H,2,12H2. The van der Waals surface area contributed by atoms with Gasteiger partial charge in [0.15, 0.2) is 0 Å². The molecule has 0 amide bonds. The van der Waals surface area contributed by atoms with Crippen LogP contribution in [0.25, 0.3) is 0 Å². The van der Waals surface area contributed by atoms with Crippen LogP contribution in [0.15, 0.2) is 10.5 Å². The fraction of sp³-hybridized carbons (Fsp3) is 0.286. The second-order valence-corrected chi connectivity index (χ2v) is 4.18. The van der Waals surface area contributed by atoms with Crippen molar-refractivity contribution < 1.29 is 8.78 Å². The van der Waals surface area contributed by atoms with E-state index in [4.69, 9.17) is 5.73 Å². The predicted molar refractivity (Wildman–Crippen MR) is 57.5 cm³/mol. The zero-order valence-electron chi connectivity index (χ0n) is 6.40. The lowest BCUT2D eigenvalue weighted by Crippen LogP contribution is -2.04. The van der Waals surface area contributed by atoms with Crippen molar-refractivity contribution in [1.82, 2.24) is 4.98 Å². The number of hydrogen-bond acceptors (Lipinski definition) is 2. The van der Waals surface area contributed by atoms with Gasteiger partial charge in [0.05, 0.1) is 0 Å². The van der Waals surface area contributed by atoms with E-state index >= 15 is 0 Å². The zero-order chi connectivity index (χ0) is 10.0. The summed E-state index contributed by atoms with van der Waals surface area (Å²) in [6.45, 7) is 0.287. The van der Waals surface area contributed by atoms with E-state index < -0.39 is 6.43 Å². The maximum atomic E-state index is 12.2. The highest BCUT2D eigenvalue weighted by Gasteiger charge is 2.13. The number of nitrogens with two attached hydrogens (primary N) is 1. The van der Waals surface area contributed by atoms with Gasteiger partial charge in [-0.25, -0.2) is 13.8 Å². The molecule has 0 fully saturated rings. The molecular weight excluding hydrogens is 357 g/mol. The van der Waals surface area contributed by atoms with Gasteiger partial charge in [-0.1, -0.05) is 15.9 Å². The maximum Gasteiger partial charge on any atom is 0.280 e. The van der Waals surface area contributed by atoms with Crippen LogP contribution in [0.5, 0.6) is 0 Å². The third-order valence-corrected chi connectivity index (χ3v) is 3.07. The van der Waals surface area contributed by atoms with Gasteiger partial charge in [0.25, 0.3) is 6.43 Å². The summed E-state index contributed by atoms with van der Waals surface area (Å²) in [5.41, 5.74) is 5.94. The van der Waals surface area contributed by atoms with Crippen molar-refractivity contribution in [3.63, 3.8) is 0 Å². The lowest BCUT2D eigenvalue weighted by atomic mass is 10.2. The molecule has 0 saturated carbocycles. The molecule has 0 aromatic carbocycles. The van der Waals surface area contributed by atoms with Gasteiger partial charge in [-0.15, -0.1) is 0 Å². The molecule has 1 rings (SSSR count). The fourth-order valence-corrected chi connectivity index (χ4v) is 2.57. The molecule has 0 atom stereocenters. The van der Waals surface area contributed by atoms with Crippen molar-refractivity contribution in [2.75, 3.05) is 0 Å². The molecule has 1 aromatic rings. The van der Waals surface area contributed by atoms with E-state index in [-0.39, 0.29) is 12.2 Å². The van der Waals surface area contributed by atoms with Crippen molar-refractivity contribution >= 4 is 38.5 Å². The Bertz CT molecular complexity index is 296. The topological polar surface area (TPSA) is 38.9 Å². The largest absolute Gasteiger partial charge is 0.326 e. The highest BCUT2D eigenvalue weighted by molar-refractivity contribution is 14.1. The summed E-state index contributed by atoms with van der Waals surface area (Å²) in [6.07, 6.45) is -2.54. The first-order valence-electron chi connectivity index (χ1n) is 3.39. The fourth-order valence-electron chi connectivity index (χ4n) is 0.822. The Morgan fingerprint density at radius 1 is 1.62 bits per heavy atom. The first-order valence-corrected chi connectivity index (χ1v) is 5.26. The second-order valence-electron chi connectivity index (χ2n) is 2.30. The van der Waals surface area contributed by atoms with Gasteiger partial charge < -0.3 is 5.73 Å². The molecule has 72 valence electrons. The molecular formula is C7H6BrF2IN2. The summed E-state index contributed by atoms with van der Waals surface area (Å²) < 4.78 is 25.6. The molecule has 0 saturated heterocycles. The number of hydrogen-bond donors (Lipinski definition) is 1. The van der Waals surface area contributed by atoms with Crippen molar-refractivity contribution in [1.29, 1.82) is 0 Å². The molecule has 6 heteroatoms. The number of rotatable bonds is 2. The van der Waals surface area contributed by atoms with E-state index in [1.807, 2.05) is 22.6 Å². The molecule has 0 aliphatic carbocycles. The number of pyridine rings is 1. The Morgan fingerprint density at radius 2 is 2.23 bits per heavy atom. The van der Waals surface area contributed by atoms with Crippen LogP contribution >= 0.6 is 38.5 Å². The number of aromatic nitrogens is 1. The molecule has 0 radical (unpaired) electrons. The molecule has 0 aliphatic rings. The first-order chi connectivity index (χ1) is 6.06. The zero-order valence-corrected chi connectivity index (χ0v) is 10.1. The highest BCUT2D eigenvalue weighted by Crippen LogP contribution is 2.26. The van der Waals surface area contributed by atoms with Crippen LogP contribution in [-0.4, -0.2) is 4.98 Å². The van der Waals surface area contributed by atoms with Gasteiger partial charge in [-0.2, -0.15) is 0 Å². The molecule has 13 heavy (non-hydrogen) atoms. The quantitative estimate of drug-likeness (QED) is 0.649. The van der Waals surface area contributed by atoms with Gasteiger partial charge in [0.2, 0.25) is 0 Å². The molecule has 1 aromatic heterocycles. The van der Waals surface area contributed by atoms with Gasteiger partial charge >= 0.3 is 0 Å². The minimum absolute atomic E-state index is 0.228. The summed E-state index contributed by atoms with van der Waals surface area (Å²) in [5, 5.41) is 0. The normalized spacial score (nSPS) is 10.9. The SMILES string of the molecule is NCc1c(Br)cc(C(F)F)nc1I. The molecule has 2 nitrogen and oxygen atoms in total. The average molecular weight is 363 g/mol. The Kier molecular flexibility index (Phi) is 3.99. The summed E-state index contributed by atoms with van der Waals surface area (Å²) in [5.74, 6) is 0. The monoisotopic (exact) mass is 362 g/mol. The van der Waals surface area contributed by atoms with Gasteiger partial charge in [-0.3, -0.25) is 0 Å². The Labute approximate surface area is 96.2 Å². The van der Waals surface area contributed by atoms with Gasteiger partial charge in [-0.05, 0) is 28.7 Å². The van der Waals surface area contributed by atoms with Crippen molar-refractivity contribution in [3.8, 4) is 0 Å². The van der Waals surface area contributed by atoms with E-state index in [0.717, 1.165) is 5.56 Å². The summed E-state index contributed by atoms with van der Waals surface area (Å²) >= 11 is 5.06. The molecule has 0 unspecified atom stereocenters. The lowest BCUT2D eigenvalue weighted by Gasteiger charge is -2.06. The number of halogens is 4. The van der Waals surface area contributed by atoms with E-state index in [1.165, 1.54) is 6.07 Å². The van der Waals surface area contributed by atoms with Crippen LogP contribution < -0.4 is 5.73 Å². The van der Waals surface area contributed by atoms with Crippen molar-refractivity contribution in [3.05, 3.63) is 25.5 Å². The third-order valence-electron chi connectivity index (χ3n) is 1.47. The van der Waals surface area contributed by atoms with E-state index in [0.29, 0.717) is 8.17 Å². The van der Waals surface area contributed by atoms with Gasteiger partial charge in [0.1, 0.15) is 9.39 Å². The minimum atomic E-state index is -2.54. The molecule has 0 aliphatic heterocycles. The molecule has 2 N–H and O–H groups in total. The van der Waals surface area contributed by atoms with Crippen LogP contribution in [0.3, 0.4) is 0 Å². The van der Waals surface area contributed by atoms with Crippen molar-refractivity contribution in [2.45, 2.75) is 13.0 Å². The van der Waals surface area contributed by atoms with Crippen LogP contribution in [0.2, 0.25) is 0 Å². The summed E-state index contributed by atoms with van der Waals surface area (Å²) in [6, 6.07) is 1.30. The lowest BCUT2D eigenvalue weighted by molar-refractivity contribution is 0.145. The Morgan fingerprint density at radius 3 is 2.62 bits per heavy atom. The average Bonchev–Trinajstić information content (AvgIpc) is 2.03. The summed E-state index contributed by atoms with van der Waals surface area (Å²) in [7, 11) is 0. The third kappa shape index (κ3) is 2.57. The number of alkyl halides is 2. The highest BCUT2D eigenvalue weighted by atomic mass is 127. The number of nitrogens with zero attached hydrogens (tertiary/aromatic N) is 1. The minimum Gasteiger partial charge on any atom is -0.326 e. The maximum absolute atomic E-state index is 12.2.